The molecule has 158 valence electrons. The first kappa shape index (κ1) is 21.8. The number of benzene rings is 2. The molecular weight excluding hydrogens is 400 g/mol. The van der Waals surface area contributed by atoms with Crippen LogP contribution in [-0.4, -0.2) is 24.2 Å². The minimum atomic E-state index is -3.95. The topological polar surface area (TPSA) is 78.3 Å². The highest BCUT2D eigenvalue weighted by Gasteiger charge is 2.34. The fourth-order valence-electron chi connectivity index (χ4n) is 3.13. The van der Waals surface area contributed by atoms with Crippen LogP contribution in [0, 0.1) is 20.8 Å². The number of carbonyl (C=O) groups excluding carboxylic acids is 1. The van der Waals surface area contributed by atoms with Gasteiger partial charge in [-0.1, -0.05) is 35.9 Å². The standard InChI is InChI=1S/C23H26N2O4S/c1-15-11-13-18(14-12-15)30(27,28)20-17(3)24-25(23(4,5)6)21(20)29-22(26)19-10-8-7-9-16(19)2/h7-14H,1-6H3. The van der Waals surface area contributed by atoms with Gasteiger partial charge in [-0.15, -0.1) is 0 Å². The van der Waals surface area contributed by atoms with E-state index in [2.05, 4.69) is 5.10 Å². The molecule has 0 aliphatic heterocycles. The summed E-state index contributed by atoms with van der Waals surface area (Å²) in [7, 11) is -3.95. The molecule has 1 heterocycles. The van der Waals surface area contributed by atoms with E-state index < -0.39 is 21.3 Å². The lowest BCUT2D eigenvalue weighted by atomic mass is 10.1. The van der Waals surface area contributed by atoms with E-state index in [0.29, 0.717) is 5.56 Å². The third kappa shape index (κ3) is 4.03. The number of hydrogen-bond acceptors (Lipinski definition) is 5. The Morgan fingerprint density at radius 2 is 1.57 bits per heavy atom. The van der Waals surface area contributed by atoms with Gasteiger partial charge >= 0.3 is 5.97 Å². The molecule has 0 saturated heterocycles. The second kappa shape index (κ2) is 7.72. The average molecular weight is 427 g/mol. The molecule has 7 heteroatoms. The smallest absolute Gasteiger partial charge is 0.345 e. The molecule has 0 atom stereocenters. The second-order valence-electron chi connectivity index (χ2n) is 8.32. The van der Waals surface area contributed by atoms with Crippen molar-refractivity contribution in [3.8, 4) is 5.88 Å². The first-order valence-electron chi connectivity index (χ1n) is 9.62. The van der Waals surface area contributed by atoms with E-state index >= 15 is 0 Å². The highest BCUT2D eigenvalue weighted by Crippen LogP contribution is 2.36. The minimum absolute atomic E-state index is 0.0752. The highest BCUT2D eigenvalue weighted by atomic mass is 32.2. The Labute approximate surface area is 177 Å². The van der Waals surface area contributed by atoms with E-state index in [9.17, 15) is 13.2 Å². The second-order valence-corrected chi connectivity index (χ2v) is 10.2. The summed E-state index contributed by atoms with van der Waals surface area (Å²) in [6.07, 6.45) is 0. The lowest BCUT2D eigenvalue weighted by Crippen LogP contribution is -2.26. The Bertz CT molecular complexity index is 1200. The van der Waals surface area contributed by atoms with Gasteiger partial charge < -0.3 is 4.74 Å². The highest BCUT2D eigenvalue weighted by molar-refractivity contribution is 7.91. The van der Waals surface area contributed by atoms with Crippen molar-refractivity contribution < 1.29 is 17.9 Å². The molecule has 0 N–H and O–H groups in total. The minimum Gasteiger partial charge on any atom is -0.403 e. The maximum absolute atomic E-state index is 13.5. The molecule has 0 amide bonds. The maximum Gasteiger partial charge on any atom is 0.345 e. The Morgan fingerprint density at radius 1 is 0.967 bits per heavy atom. The first-order chi connectivity index (χ1) is 13.9. The van der Waals surface area contributed by atoms with E-state index in [1.807, 2.05) is 33.8 Å². The molecule has 3 aromatic rings. The van der Waals surface area contributed by atoms with Crippen LogP contribution >= 0.6 is 0 Å². The number of aryl methyl sites for hydroxylation is 3. The van der Waals surface area contributed by atoms with Crippen LogP contribution in [0.25, 0.3) is 0 Å². The van der Waals surface area contributed by atoms with Gasteiger partial charge in [0.25, 0.3) is 0 Å². The Morgan fingerprint density at radius 3 is 2.13 bits per heavy atom. The number of ether oxygens (including phenoxy) is 1. The van der Waals surface area contributed by atoms with Gasteiger partial charge in [-0.2, -0.15) is 5.10 Å². The van der Waals surface area contributed by atoms with Gasteiger partial charge in [-0.05, 0) is 65.3 Å². The summed E-state index contributed by atoms with van der Waals surface area (Å²) in [6.45, 7) is 10.9. The summed E-state index contributed by atoms with van der Waals surface area (Å²) >= 11 is 0. The molecule has 6 nitrogen and oxygen atoms in total. The number of aromatic nitrogens is 2. The summed E-state index contributed by atoms with van der Waals surface area (Å²) in [5.41, 5.74) is 1.73. The number of esters is 1. The molecule has 30 heavy (non-hydrogen) atoms. The summed E-state index contributed by atoms with van der Waals surface area (Å²) in [6, 6.07) is 13.6. The summed E-state index contributed by atoms with van der Waals surface area (Å²) in [4.78, 5) is 13.0. The van der Waals surface area contributed by atoms with Crippen molar-refractivity contribution in [2.24, 2.45) is 0 Å². The van der Waals surface area contributed by atoms with E-state index in [-0.39, 0.29) is 21.4 Å². The zero-order chi connectivity index (χ0) is 22.3. The Balaban J connectivity index is 2.19. The molecule has 0 bridgehead atoms. The number of nitrogens with zero attached hydrogens (tertiary/aromatic N) is 2. The molecular formula is C23H26N2O4S. The van der Waals surface area contributed by atoms with Crippen LogP contribution in [0.2, 0.25) is 0 Å². The van der Waals surface area contributed by atoms with Crippen LogP contribution in [-0.2, 0) is 15.4 Å². The fourth-order valence-corrected chi connectivity index (χ4v) is 4.64. The fraction of sp³-hybridized carbons (Fsp3) is 0.304. The zero-order valence-corrected chi connectivity index (χ0v) is 18.9. The molecule has 0 aliphatic rings. The third-order valence-corrected chi connectivity index (χ3v) is 6.66. The molecule has 0 unspecified atom stereocenters. The zero-order valence-electron chi connectivity index (χ0n) is 18.1. The van der Waals surface area contributed by atoms with Crippen molar-refractivity contribution in [1.29, 1.82) is 0 Å². The quantitative estimate of drug-likeness (QED) is 0.569. The van der Waals surface area contributed by atoms with Gasteiger partial charge in [0.05, 0.1) is 21.7 Å². The number of hydrogen-bond donors (Lipinski definition) is 0. The van der Waals surface area contributed by atoms with Gasteiger partial charge in [-0.3, -0.25) is 0 Å². The summed E-state index contributed by atoms with van der Waals surface area (Å²) in [5.74, 6) is -0.701. The van der Waals surface area contributed by atoms with Crippen molar-refractivity contribution in [3.05, 3.63) is 70.9 Å². The largest absolute Gasteiger partial charge is 0.403 e. The van der Waals surface area contributed by atoms with Gasteiger partial charge in [0.15, 0.2) is 4.90 Å². The number of sulfone groups is 1. The lowest BCUT2D eigenvalue weighted by Gasteiger charge is -2.22. The summed E-state index contributed by atoms with van der Waals surface area (Å²) in [5, 5.41) is 4.42. The number of carbonyl (C=O) groups is 1. The maximum atomic E-state index is 13.5. The van der Waals surface area contributed by atoms with Gasteiger partial charge in [0, 0.05) is 0 Å². The SMILES string of the molecule is Cc1ccc(S(=O)(=O)c2c(C)nn(C(C)(C)C)c2OC(=O)c2ccccc2C)cc1. The van der Waals surface area contributed by atoms with Crippen LogP contribution in [0.1, 0.15) is 48.0 Å². The van der Waals surface area contributed by atoms with Gasteiger partial charge in [-0.25, -0.2) is 17.9 Å². The van der Waals surface area contributed by atoms with E-state index in [1.54, 1.807) is 56.3 Å². The predicted octanol–water partition coefficient (Wildman–Crippen LogP) is 4.62. The molecule has 0 fully saturated rings. The van der Waals surface area contributed by atoms with Crippen molar-refractivity contribution in [1.82, 2.24) is 9.78 Å². The third-order valence-electron chi connectivity index (χ3n) is 4.75. The molecule has 3 rings (SSSR count). The van der Waals surface area contributed by atoms with E-state index in [4.69, 9.17) is 4.74 Å². The van der Waals surface area contributed by atoms with Gasteiger partial charge in [0.2, 0.25) is 15.7 Å². The van der Waals surface area contributed by atoms with Gasteiger partial charge in [0.1, 0.15) is 0 Å². The average Bonchev–Trinajstić information content (AvgIpc) is 2.99. The van der Waals surface area contributed by atoms with Crippen LogP contribution < -0.4 is 4.74 Å². The van der Waals surface area contributed by atoms with Crippen LogP contribution in [0.5, 0.6) is 5.88 Å². The van der Waals surface area contributed by atoms with Crippen molar-refractivity contribution >= 4 is 15.8 Å². The molecule has 0 spiro atoms. The molecule has 0 radical (unpaired) electrons. The van der Waals surface area contributed by atoms with Crippen molar-refractivity contribution in [2.75, 3.05) is 0 Å². The monoisotopic (exact) mass is 426 g/mol. The van der Waals surface area contributed by atoms with E-state index in [1.165, 1.54) is 4.68 Å². The first-order valence-corrected chi connectivity index (χ1v) is 11.1. The predicted molar refractivity (Wildman–Crippen MR) is 115 cm³/mol. The molecule has 0 aliphatic carbocycles. The molecule has 1 aromatic heterocycles. The molecule has 0 saturated carbocycles. The van der Waals surface area contributed by atoms with Crippen molar-refractivity contribution in [2.45, 2.75) is 56.9 Å². The van der Waals surface area contributed by atoms with Crippen molar-refractivity contribution in [3.63, 3.8) is 0 Å². The summed E-state index contributed by atoms with van der Waals surface area (Å²) < 4.78 is 34.1. The van der Waals surface area contributed by atoms with E-state index in [0.717, 1.165) is 11.1 Å². The normalized spacial score (nSPS) is 12.1. The number of rotatable bonds is 4. The lowest BCUT2D eigenvalue weighted by molar-refractivity contribution is 0.0703. The van der Waals surface area contributed by atoms with Crippen LogP contribution in [0.3, 0.4) is 0 Å². The molecule has 2 aromatic carbocycles. The van der Waals surface area contributed by atoms with Crippen LogP contribution in [0.4, 0.5) is 0 Å². The van der Waals surface area contributed by atoms with Crippen LogP contribution in [0.15, 0.2) is 58.3 Å². The Hall–Kier alpha value is -2.93. The Kier molecular flexibility index (Phi) is 5.60.